The van der Waals surface area contributed by atoms with Crippen LogP contribution in [0.5, 0.6) is 0 Å². The van der Waals surface area contributed by atoms with Crippen LogP contribution in [-0.2, 0) is 13.0 Å². The number of nitrogens with zero attached hydrogens (tertiary/aromatic N) is 4. The minimum atomic E-state index is 0.511. The number of hydrogen-bond donors (Lipinski definition) is 1. The normalized spacial score (nSPS) is 11.9. The topological polar surface area (TPSA) is 50.9 Å². The Balaban J connectivity index is 1.84. The molecule has 0 spiro atoms. The molecule has 0 bridgehead atoms. The van der Waals surface area contributed by atoms with Crippen molar-refractivity contribution in [3.63, 3.8) is 0 Å². The number of aromatic amines is 1. The summed E-state index contributed by atoms with van der Waals surface area (Å²) in [6.45, 7) is 5.15. The minimum absolute atomic E-state index is 0.511. The van der Waals surface area contributed by atoms with Crippen molar-refractivity contribution in [2.75, 3.05) is 0 Å². The maximum atomic E-state index is 5.24. The van der Waals surface area contributed by atoms with Crippen LogP contribution in [0.2, 0.25) is 0 Å². The number of H-pyrrole nitrogens is 1. The summed E-state index contributed by atoms with van der Waals surface area (Å²) in [7, 11) is 0. The first kappa shape index (κ1) is 15.8. The highest BCUT2D eigenvalue weighted by Gasteiger charge is 2.09. The Morgan fingerprint density at radius 2 is 1.92 bits per heavy atom. The summed E-state index contributed by atoms with van der Waals surface area (Å²) in [5, 5.41) is 14.0. The lowest BCUT2D eigenvalue weighted by molar-refractivity contribution is 0.780. The number of hydrogen-bond acceptors (Lipinski definition) is 3. The van der Waals surface area contributed by atoms with E-state index in [1.807, 2.05) is 13.1 Å². The summed E-state index contributed by atoms with van der Waals surface area (Å²) in [5.74, 6) is 0.824. The van der Waals surface area contributed by atoms with Crippen LogP contribution < -0.4 is 0 Å². The summed E-state index contributed by atoms with van der Waals surface area (Å²) in [6.07, 6.45) is 2.61. The zero-order valence-electron chi connectivity index (χ0n) is 14.2. The Hall–Kier alpha value is -2.73. The fraction of sp³-hybridized carbons (Fsp3) is 0.211. The van der Waals surface area contributed by atoms with E-state index in [0.717, 1.165) is 24.4 Å². The van der Waals surface area contributed by atoms with E-state index in [9.17, 15) is 0 Å². The van der Waals surface area contributed by atoms with E-state index in [1.54, 1.807) is 4.68 Å². The maximum Gasteiger partial charge on any atom is 0.216 e. The van der Waals surface area contributed by atoms with E-state index >= 15 is 0 Å². The van der Waals surface area contributed by atoms with Crippen LogP contribution in [0, 0.1) is 4.77 Å². The quantitative estimate of drug-likeness (QED) is 0.435. The predicted octanol–water partition coefficient (Wildman–Crippen LogP) is 4.51. The third-order valence-corrected chi connectivity index (χ3v) is 4.73. The molecule has 4 aromatic rings. The largest absolute Gasteiger partial charge is 0.341 e. The third-order valence-electron chi connectivity index (χ3n) is 4.47. The zero-order valence-corrected chi connectivity index (χ0v) is 15.0. The molecule has 5 nitrogen and oxygen atoms in total. The van der Waals surface area contributed by atoms with E-state index in [4.69, 9.17) is 12.2 Å². The van der Waals surface area contributed by atoms with E-state index in [-0.39, 0.29) is 0 Å². The fourth-order valence-corrected chi connectivity index (χ4v) is 3.49. The molecule has 0 aliphatic carbocycles. The Kier molecular flexibility index (Phi) is 3.97. The molecule has 2 heterocycles. The van der Waals surface area contributed by atoms with Gasteiger partial charge in [-0.2, -0.15) is 14.9 Å². The van der Waals surface area contributed by atoms with Gasteiger partial charge in [0.2, 0.25) is 4.77 Å². The van der Waals surface area contributed by atoms with Crippen LogP contribution >= 0.6 is 12.2 Å². The van der Waals surface area contributed by atoms with Crippen LogP contribution in [-0.4, -0.2) is 25.7 Å². The van der Waals surface area contributed by atoms with E-state index in [0.29, 0.717) is 4.77 Å². The Labute approximate surface area is 150 Å². The molecule has 2 aromatic heterocycles. The van der Waals surface area contributed by atoms with Crippen LogP contribution in [0.1, 0.15) is 25.2 Å². The van der Waals surface area contributed by atoms with Crippen LogP contribution in [0.4, 0.5) is 0 Å². The average Bonchev–Trinajstić information content (AvgIpc) is 3.16. The Bertz CT molecular complexity index is 1150. The first-order valence-corrected chi connectivity index (χ1v) is 8.85. The maximum absolute atomic E-state index is 5.24. The average molecular weight is 349 g/mol. The van der Waals surface area contributed by atoms with Gasteiger partial charge in [-0.15, -0.1) is 0 Å². The fourth-order valence-electron chi connectivity index (χ4n) is 3.29. The number of aromatic nitrogens is 4. The van der Waals surface area contributed by atoms with Gasteiger partial charge < -0.3 is 4.57 Å². The van der Waals surface area contributed by atoms with Crippen molar-refractivity contribution in [1.82, 2.24) is 19.4 Å². The van der Waals surface area contributed by atoms with Crippen molar-refractivity contribution in [1.29, 1.82) is 0 Å². The molecule has 0 unspecified atom stereocenters. The molecule has 0 atom stereocenters. The molecular formula is C19H19N5S. The lowest BCUT2D eigenvalue weighted by Crippen LogP contribution is -1.97. The molecule has 1 N–H and O–H groups in total. The van der Waals surface area contributed by atoms with Gasteiger partial charge >= 0.3 is 0 Å². The first-order valence-electron chi connectivity index (χ1n) is 8.44. The molecule has 6 heteroatoms. The number of fused-ring (bicyclic) bond motifs is 3. The molecule has 0 radical (unpaired) electrons. The van der Waals surface area contributed by atoms with Crippen molar-refractivity contribution in [2.24, 2.45) is 5.10 Å². The summed E-state index contributed by atoms with van der Waals surface area (Å²) in [5.41, 5.74) is 3.55. The number of rotatable bonds is 4. The molecule has 0 saturated carbocycles. The van der Waals surface area contributed by atoms with Gasteiger partial charge in [-0.25, -0.2) is 0 Å². The van der Waals surface area contributed by atoms with Gasteiger partial charge in [-0.3, -0.25) is 5.10 Å². The number of benzene rings is 2. The minimum Gasteiger partial charge on any atom is -0.341 e. The number of aryl methyl sites for hydroxylation is 2. The second-order valence-electron chi connectivity index (χ2n) is 5.89. The van der Waals surface area contributed by atoms with Crippen molar-refractivity contribution in [3.05, 3.63) is 58.6 Å². The highest BCUT2D eigenvalue weighted by molar-refractivity contribution is 7.71. The van der Waals surface area contributed by atoms with Gasteiger partial charge in [0.1, 0.15) is 0 Å². The summed E-state index contributed by atoms with van der Waals surface area (Å²) >= 11 is 5.24. The molecule has 0 fully saturated rings. The second-order valence-corrected chi connectivity index (χ2v) is 6.28. The van der Waals surface area contributed by atoms with E-state index in [1.165, 1.54) is 21.8 Å². The van der Waals surface area contributed by atoms with Gasteiger partial charge in [0, 0.05) is 34.8 Å². The molecule has 2 aromatic carbocycles. The summed E-state index contributed by atoms with van der Waals surface area (Å²) in [4.78, 5) is 0. The van der Waals surface area contributed by atoms with Gasteiger partial charge in [0.05, 0.1) is 6.21 Å². The summed E-state index contributed by atoms with van der Waals surface area (Å²) < 4.78 is 4.53. The third kappa shape index (κ3) is 2.59. The lowest BCUT2D eigenvalue weighted by Gasteiger charge is -2.02. The standard InChI is InChI=1S/C19H19N5S/c1-3-18-21-22-19(25)24(18)20-12-13-9-10-17-15(11-13)14-7-5-6-8-16(14)23(17)4-2/h5-12H,3-4H2,1-2H3,(H,22,25)/b20-12+. The molecule has 4 rings (SSSR count). The lowest BCUT2D eigenvalue weighted by atomic mass is 10.1. The highest BCUT2D eigenvalue weighted by atomic mass is 32.1. The molecule has 0 aliphatic heterocycles. The Morgan fingerprint density at radius 3 is 2.72 bits per heavy atom. The molecule has 25 heavy (non-hydrogen) atoms. The SMILES string of the molecule is CCc1n[nH]c(=S)n1/N=C/c1ccc2c(c1)c1ccccc1n2CC. The van der Waals surface area contributed by atoms with Crippen molar-refractivity contribution < 1.29 is 0 Å². The predicted molar refractivity (Wildman–Crippen MR) is 105 cm³/mol. The molecule has 0 amide bonds. The summed E-state index contributed by atoms with van der Waals surface area (Å²) in [6, 6.07) is 14.9. The monoisotopic (exact) mass is 349 g/mol. The van der Waals surface area contributed by atoms with E-state index in [2.05, 4.69) is 69.3 Å². The molecular weight excluding hydrogens is 330 g/mol. The van der Waals surface area contributed by atoms with Crippen molar-refractivity contribution in [2.45, 2.75) is 26.8 Å². The second kappa shape index (κ2) is 6.29. The molecule has 126 valence electrons. The highest BCUT2D eigenvalue weighted by Crippen LogP contribution is 2.29. The molecule has 0 aliphatic rings. The number of nitrogens with one attached hydrogen (secondary N) is 1. The van der Waals surface area contributed by atoms with Crippen LogP contribution in [0.3, 0.4) is 0 Å². The van der Waals surface area contributed by atoms with Gasteiger partial charge in [-0.05, 0) is 42.9 Å². The van der Waals surface area contributed by atoms with Gasteiger partial charge in [0.25, 0.3) is 0 Å². The zero-order chi connectivity index (χ0) is 17.4. The van der Waals surface area contributed by atoms with Crippen molar-refractivity contribution in [3.8, 4) is 0 Å². The Morgan fingerprint density at radius 1 is 1.12 bits per heavy atom. The van der Waals surface area contributed by atoms with Crippen LogP contribution in [0.25, 0.3) is 21.8 Å². The van der Waals surface area contributed by atoms with Crippen LogP contribution in [0.15, 0.2) is 47.6 Å². The van der Waals surface area contributed by atoms with E-state index < -0.39 is 0 Å². The molecule has 0 saturated heterocycles. The first-order chi connectivity index (χ1) is 12.2. The van der Waals surface area contributed by atoms with Gasteiger partial charge in [-0.1, -0.05) is 31.2 Å². The van der Waals surface area contributed by atoms with Crippen molar-refractivity contribution >= 4 is 40.2 Å². The smallest absolute Gasteiger partial charge is 0.216 e. The van der Waals surface area contributed by atoms with Gasteiger partial charge in [0.15, 0.2) is 5.82 Å². The number of para-hydroxylation sites is 1.